The van der Waals surface area contributed by atoms with Crippen LogP contribution in [0.5, 0.6) is 0 Å². The summed E-state index contributed by atoms with van der Waals surface area (Å²) in [6.07, 6.45) is 5.14. The van der Waals surface area contributed by atoms with Gasteiger partial charge in [0, 0.05) is 39.8 Å². The molecular formula is C16H26N4O2. The smallest absolute Gasteiger partial charge is 0.289 e. The molecule has 1 N–H and O–H groups in total. The van der Waals surface area contributed by atoms with E-state index in [1.165, 1.54) is 19.1 Å². The third kappa shape index (κ3) is 4.26. The van der Waals surface area contributed by atoms with E-state index in [0.29, 0.717) is 18.8 Å². The summed E-state index contributed by atoms with van der Waals surface area (Å²) in [5.41, 5.74) is 0. The second-order valence-electron chi connectivity index (χ2n) is 5.44. The van der Waals surface area contributed by atoms with Crippen LogP contribution in [0.3, 0.4) is 0 Å². The number of furan rings is 1. The molecule has 0 aliphatic carbocycles. The number of hydrogen-bond acceptors (Lipinski definition) is 3. The molecule has 1 saturated heterocycles. The molecule has 0 unspecified atom stereocenters. The standard InChI is InChI=1S/C16H26N4O2/c1-3-4-5-8-18-16(17-2)20-11-9-19(10-12-20)15(21)14-7-6-13-22-14/h6-7,13H,3-5,8-12H2,1-2H3,(H,17,18). The van der Waals surface area contributed by atoms with Crippen molar-refractivity contribution < 1.29 is 9.21 Å². The summed E-state index contributed by atoms with van der Waals surface area (Å²) >= 11 is 0. The average molecular weight is 306 g/mol. The third-order valence-electron chi connectivity index (χ3n) is 3.87. The highest BCUT2D eigenvalue weighted by Crippen LogP contribution is 2.09. The highest BCUT2D eigenvalue weighted by molar-refractivity contribution is 5.91. The van der Waals surface area contributed by atoms with Crippen molar-refractivity contribution in [1.29, 1.82) is 0 Å². The fraction of sp³-hybridized carbons (Fsp3) is 0.625. The van der Waals surface area contributed by atoms with Crippen LogP contribution in [0.2, 0.25) is 0 Å². The Morgan fingerprint density at radius 1 is 1.27 bits per heavy atom. The van der Waals surface area contributed by atoms with E-state index < -0.39 is 0 Å². The van der Waals surface area contributed by atoms with Crippen molar-refractivity contribution in [3.8, 4) is 0 Å². The largest absolute Gasteiger partial charge is 0.459 e. The van der Waals surface area contributed by atoms with Crippen molar-refractivity contribution in [2.45, 2.75) is 26.2 Å². The summed E-state index contributed by atoms with van der Waals surface area (Å²) < 4.78 is 5.18. The minimum atomic E-state index is -0.0319. The van der Waals surface area contributed by atoms with Crippen LogP contribution in [-0.4, -0.2) is 61.4 Å². The van der Waals surface area contributed by atoms with Crippen molar-refractivity contribution in [1.82, 2.24) is 15.1 Å². The van der Waals surface area contributed by atoms with Gasteiger partial charge >= 0.3 is 0 Å². The van der Waals surface area contributed by atoms with Crippen molar-refractivity contribution in [3.63, 3.8) is 0 Å². The topological polar surface area (TPSA) is 61.1 Å². The first-order valence-electron chi connectivity index (χ1n) is 8.04. The molecule has 1 aromatic heterocycles. The molecule has 0 spiro atoms. The SMILES string of the molecule is CCCCCNC(=NC)N1CCN(C(=O)c2ccco2)CC1. The van der Waals surface area contributed by atoms with E-state index in [-0.39, 0.29) is 5.91 Å². The summed E-state index contributed by atoms with van der Waals surface area (Å²) in [5, 5.41) is 3.40. The zero-order chi connectivity index (χ0) is 15.8. The van der Waals surface area contributed by atoms with E-state index in [2.05, 4.69) is 22.1 Å². The fourth-order valence-corrected chi connectivity index (χ4v) is 2.58. The Morgan fingerprint density at radius 2 is 2.00 bits per heavy atom. The van der Waals surface area contributed by atoms with Gasteiger partial charge in [-0.15, -0.1) is 0 Å². The number of carbonyl (C=O) groups is 1. The van der Waals surface area contributed by atoms with Gasteiger partial charge in [0.25, 0.3) is 5.91 Å². The Hall–Kier alpha value is -1.98. The Kier molecular flexibility index (Phi) is 6.30. The van der Waals surface area contributed by atoms with Gasteiger partial charge in [0.1, 0.15) is 0 Å². The van der Waals surface area contributed by atoms with Crippen LogP contribution in [0.25, 0.3) is 0 Å². The van der Waals surface area contributed by atoms with Crippen LogP contribution in [0.15, 0.2) is 27.8 Å². The number of rotatable bonds is 5. The molecule has 22 heavy (non-hydrogen) atoms. The van der Waals surface area contributed by atoms with Gasteiger partial charge in [-0.25, -0.2) is 0 Å². The molecule has 1 aliphatic rings. The minimum Gasteiger partial charge on any atom is -0.459 e. The van der Waals surface area contributed by atoms with Gasteiger partial charge in [-0.1, -0.05) is 19.8 Å². The number of nitrogens with one attached hydrogen (secondary N) is 1. The van der Waals surface area contributed by atoms with E-state index >= 15 is 0 Å². The molecule has 1 aliphatic heterocycles. The second-order valence-corrected chi connectivity index (χ2v) is 5.44. The second kappa shape index (κ2) is 8.46. The Balaban J connectivity index is 1.79. The molecule has 2 heterocycles. The number of amides is 1. The summed E-state index contributed by atoms with van der Waals surface area (Å²) in [5.74, 6) is 1.31. The minimum absolute atomic E-state index is 0.0319. The van der Waals surface area contributed by atoms with Crippen LogP contribution < -0.4 is 5.32 Å². The van der Waals surface area contributed by atoms with Crippen molar-refractivity contribution >= 4 is 11.9 Å². The van der Waals surface area contributed by atoms with E-state index in [1.807, 2.05) is 11.9 Å². The van der Waals surface area contributed by atoms with Gasteiger partial charge in [-0.05, 0) is 18.6 Å². The fourth-order valence-electron chi connectivity index (χ4n) is 2.58. The molecule has 0 atom stereocenters. The molecule has 2 rings (SSSR count). The maximum atomic E-state index is 12.2. The molecule has 0 bridgehead atoms. The molecule has 0 radical (unpaired) electrons. The van der Waals surface area contributed by atoms with Gasteiger partial charge < -0.3 is 19.5 Å². The molecule has 0 aromatic carbocycles. The summed E-state index contributed by atoms with van der Waals surface area (Å²) in [7, 11) is 1.81. The number of carbonyl (C=O) groups excluding carboxylic acids is 1. The Bertz CT molecular complexity index is 476. The van der Waals surface area contributed by atoms with Crippen LogP contribution in [0, 0.1) is 0 Å². The van der Waals surface area contributed by atoms with Gasteiger partial charge in [-0.2, -0.15) is 0 Å². The van der Waals surface area contributed by atoms with Crippen molar-refractivity contribution in [3.05, 3.63) is 24.2 Å². The number of aliphatic imine (C=N–C) groups is 1. The van der Waals surface area contributed by atoms with Crippen molar-refractivity contribution in [2.24, 2.45) is 4.99 Å². The molecule has 1 aromatic rings. The van der Waals surface area contributed by atoms with Crippen LogP contribution in [0.4, 0.5) is 0 Å². The van der Waals surface area contributed by atoms with Gasteiger partial charge in [0.15, 0.2) is 11.7 Å². The normalized spacial score (nSPS) is 16.0. The monoisotopic (exact) mass is 306 g/mol. The molecule has 0 saturated carbocycles. The predicted molar refractivity (Wildman–Crippen MR) is 87.1 cm³/mol. The van der Waals surface area contributed by atoms with Crippen LogP contribution in [-0.2, 0) is 0 Å². The molecule has 1 fully saturated rings. The molecule has 1 amide bonds. The zero-order valence-electron chi connectivity index (χ0n) is 13.5. The highest BCUT2D eigenvalue weighted by Gasteiger charge is 2.24. The highest BCUT2D eigenvalue weighted by atomic mass is 16.3. The van der Waals surface area contributed by atoms with E-state index in [4.69, 9.17) is 4.42 Å². The number of guanidine groups is 1. The lowest BCUT2D eigenvalue weighted by Crippen LogP contribution is -2.53. The third-order valence-corrected chi connectivity index (χ3v) is 3.87. The maximum Gasteiger partial charge on any atom is 0.289 e. The number of hydrogen-bond donors (Lipinski definition) is 1. The van der Waals surface area contributed by atoms with Crippen LogP contribution >= 0.6 is 0 Å². The van der Waals surface area contributed by atoms with E-state index in [1.54, 1.807) is 12.1 Å². The summed E-state index contributed by atoms with van der Waals surface area (Å²) in [4.78, 5) is 20.6. The molecule has 6 heteroatoms. The quantitative estimate of drug-likeness (QED) is 0.512. The predicted octanol–water partition coefficient (Wildman–Crippen LogP) is 1.80. The first kappa shape index (κ1) is 16.4. The number of piperazine rings is 1. The molecule has 122 valence electrons. The summed E-state index contributed by atoms with van der Waals surface area (Å²) in [6, 6.07) is 3.45. The maximum absolute atomic E-state index is 12.2. The van der Waals surface area contributed by atoms with Crippen LogP contribution in [0.1, 0.15) is 36.7 Å². The molecular weight excluding hydrogens is 280 g/mol. The van der Waals surface area contributed by atoms with Gasteiger partial charge in [0.05, 0.1) is 6.26 Å². The van der Waals surface area contributed by atoms with E-state index in [0.717, 1.165) is 32.0 Å². The summed E-state index contributed by atoms with van der Waals surface area (Å²) in [6.45, 7) is 6.11. The Labute approximate surface area is 132 Å². The number of nitrogens with zero attached hydrogens (tertiary/aromatic N) is 3. The number of unbranched alkanes of at least 4 members (excludes halogenated alkanes) is 2. The van der Waals surface area contributed by atoms with Gasteiger partial charge in [0.2, 0.25) is 0 Å². The van der Waals surface area contributed by atoms with Crippen molar-refractivity contribution in [2.75, 3.05) is 39.8 Å². The zero-order valence-corrected chi connectivity index (χ0v) is 13.5. The Morgan fingerprint density at radius 3 is 2.59 bits per heavy atom. The first-order chi connectivity index (χ1) is 10.8. The average Bonchev–Trinajstić information content (AvgIpc) is 3.09. The molecule has 6 nitrogen and oxygen atoms in total. The lowest BCUT2D eigenvalue weighted by atomic mass is 10.2. The first-order valence-corrected chi connectivity index (χ1v) is 8.04. The van der Waals surface area contributed by atoms with E-state index in [9.17, 15) is 4.79 Å². The van der Waals surface area contributed by atoms with Gasteiger partial charge in [-0.3, -0.25) is 9.79 Å². The lowest BCUT2D eigenvalue weighted by Gasteiger charge is -2.36. The lowest BCUT2D eigenvalue weighted by molar-refractivity contribution is 0.0658.